The zero-order valence-corrected chi connectivity index (χ0v) is 14.6. The molecule has 1 rings (SSSR count). The van der Waals surface area contributed by atoms with E-state index in [0.29, 0.717) is 0 Å². The molecule has 1 fully saturated rings. The van der Waals surface area contributed by atoms with E-state index < -0.39 is 67.0 Å². The van der Waals surface area contributed by atoms with Gasteiger partial charge in [0.05, 0.1) is 0 Å². The van der Waals surface area contributed by atoms with Crippen LogP contribution in [0.4, 0.5) is 0 Å². The van der Waals surface area contributed by atoms with E-state index >= 15 is 0 Å². The lowest BCUT2D eigenvalue weighted by atomic mass is 9.95. The molecule has 0 radical (unpaired) electrons. The number of ether oxygens (including phenoxy) is 5. The summed E-state index contributed by atoms with van der Waals surface area (Å²) >= 11 is 0. The summed E-state index contributed by atoms with van der Waals surface area (Å²) in [6.07, 6.45) is -8.08. The molecule has 0 aromatic heterocycles. The predicted octanol–water partition coefficient (Wildman–Crippen LogP) is -1.37. The Morgan fingerprint density at radius 1 is 0.769 bits per heavy atom. The van der Waals surface area contributed by atoms with Crippen molar-refractivity contribution in [3.63, 3.8) is 0 Å². The van der Waals surface area contributed by atoms with Crippen LogP contribution in [0.25, 0.3) is 0 Å². The van der Waals surface area contributed by atoms with Gasteiger partial charge >= 0.3 is 23.9 Å². The van der Waals surface area contributed by atoms with Crippen LogP contribution in [0.5, 0.6) is 0 Å². The minimum absolute atomic E-state index is 0.727. The van der Waals surface area contributed by atoms with Crippen LogP contribution in [0.1, 0.15) is 27.7 Å². The highest BCUT2D eigenvalue weighted by atomic mass is 16.7. The number of Topliss-reactive ketones (excluding diaryl/α,β-unsaturated/α-hetero) is 1. The maximum atomic E-state index is 12.2. The topological polar surface area (TPSA) is 152 Å². The fraction of sp³-hybridized carbons (Fsp3) is 0.667. The van der Waals surface area contributed by atoms with E-state index in [1.165, 1.54) is 0 Å². The summed E-state index contributed by atoms with van der Waals surface area (Å²) in [5, 5.41) is 10.1. The molecule has 1 saturated heterocycles. The Balaban J connectivity index is 3.18. The van der Waals surface area contributed by atoms with Gasteiger partial charge in [0.1, 0.15) is 0 Å². The molecule has 146 valence electrons. The third kappa shape index (κ3) is 6.08. The van der Waals surface area contributed by atoms with Crippen LogP contribution < -0.4 is 0 Å². The first-order valence-corrected chi connectivity index (χ1v) is 7.54. The van der Waals surface area contributed by atoms with Crippen molar-refractivity contribution in [3.8, 4) is 0 Å². The van der Waals surface area contributed by atoms with E-state index in [4.69, 9.17) is 18.9 Å². The Bertz CT molecular complexity index is 584. The molecule has 0 amide bonds. The number of carbonyl (C=O) groups excluding carboxylic acids is 5. The number of hydrogen-bond donors (Lipinski definition) is 1. The minimum Gasteiger partial charge on any atom is -0.458 e. The third-order valence-electron chi connectivity index (χ3n) is 3.15. The summed E-state index contributed by atoms with van der Waals surface area (Å²) in [6, 6.07) is 0. The van der Waals surface area contributed by atoms with Crippen LogP contribution >= 0.6 is 0 Å². The number of aliphatic hydroxyl groups is 1. The molecule has 0 bridgehead atoms. The Morgan fingerprint density at radius 3 is 1.69 bits per heavy atom. The Hall–Kier alpha value is -2.53. The van der Waals surface area contributed by atoms with Crippen LogP contribution in [0.15, 0.2) is 0 Å². The smallest absolute Gasteiger partial charge is 0.303 e. The van der Waals surface area contributed by atoms with Gasteiger partial charge in [-0.1, -0.05) is 0 Å². The first kappa shape index (κ1) is 21.5. The highest BCUT2D eigenvalue weighted by Crippen LogP contribution is 2.28. The third-order valence-corrected chi connectivity index (χ3v) is 3.15. The van der Waals surface area contributed by atoms with Crippen LogP contribution in [0.2, 0.25) is 0 Å². The van der Waals surface area contributed by atoms with Crippen LogP contribution in [0, 0.1) is 0 Å². The summed E-state index contributed by atoms with van der Waals surface area (Å²) in [5.74, 6) is -4.12. The Morgan fingerprint density at radius 2 is 1.23 bits per heavy atom. The summed E-state index contributed by atoms with van der Waals surface area (Å²) in [6.45, 7) is 3.45. The van der Waals surface area contributed by atoms with E-state index in [1.807, 2.05) is 0 Å². The highest BCUT2D eigenvalue weighted by molar-refractivity contribution is 5.87. The zero-order chi connectivity index (χ0) is 20.0. The van der Waals surface area contributed by atoms with Gasteiger partial charge in [0.25, 0.3) is 0 Å². The number of ketones is 1. The molecule has 11 nitrogen and oxygen atoms in total. The SMILES string of the molecule is CC(=O)OCC(=O)[C@H]1OC(O)[C@@H](OC(C)=O)[C@@H](OC(C)=O)[C@@H]1OC(C)=O. The number of rotatable bonds is 6. The predicted molar refractivity (Wildman–Crippen MR) is 79.2 cm³/mol. The lowest BCUT2D eigenvalue weighted by Crippen LogP contribution is -2.63. The molecule has 1 aliphatic heterocycles. The van der Waals surface area contributed by atoms with Gasteiger partial charge in [-0.15, -0.1) is 0 Å². The average molecular weight is 376 g/mol. The van der Waals surface area contributed by atoms with Crippen molar-refractivity contribution in [2.24, 2.45) is 0 Å². The molecule has 0 aromatic carbocycles. The zero-order valence-electron chi connectivity index (χ0n) is 14.6. The Kier molecular flexibility index (Phi) is 7.65. The average Bonchev–Trinajstić information content (AvgIpc) is 2.49. The molecular weight excluding hydrogens is 356 g/mol. The van der Waals surface area contributed by atoms with E-state index in [9.17, 15) is 29.1 Å². The maximum Gasteiger partial charge on any atom is 0.303 e. The van der Waals surface area contributed by atoms with Gasteiger partial charge in [-0.3, -0.25) is 24.0 Å². The monoisotopic (exact) mass is 376 g/mol. The lowest BCUT2D eigenvalue weighted by Gasteiger charge is -2.42. The first-order chi connectivity index (χ1) is 12.0. The molecule has 0 spiro atoms. The summed E-state index contributed by atoms with van der Waals surface area (Å²) in [5.41, 5.74) is 0. The van der Waals surface area contributed by atoms with Gasteiger partial charge in [0, 0.05) is 27.7 Å². The van der Waals surface area contributed by atoms with Crippen molar-refractivity contribution in [1.29, 1.82) is 0 Å². The molecule has 1 aliphatic rings. The van der Waals surface area contributed by atoms with Crippen LogP contribution in [-0.4, -0.2) is 72.1 Å². The Labute approximate surface area is 148 Å². The van der Waals surface area contributed by atoms with E-state index in [0.717, 1.165) is 27.7 Å². The molecule has 11 heteroatoms. The number of hydrogen-bond acceptors (Lipinski definition) is 11. The summed E-state index contributed by atoms with van der Waals surface area (Å²) in [7, 11) is 0. The first-order valence-electron chi connectivity index (χ1n) is 7.54. The molecule has 26 heavy (non-hydrogen) atoms. The van der Waals surface area contributed by atoms with E-state index in [-0.39, 0.29) is 0 Å². The highest BCUT2D eigenvalue weighted by Gasteiger charge is 2.53. The maximum absolute atomic E-state index is 12.2. The molecule has 0 aromatic rings. The largest absolute Gasteiger partial charge is 0.458 e. The van der Waals surface area contributed by atoms with Gasteiger partial charge in [-0.05, 0) is 0 Å². The van der Waals surface area contributed by atoms with Crippen molar-refractivity contribution in [3.05, 3.63) is 0 Å². The number of esters is 4. The molecule has 1 heterocycles. The summed E-state index contributed by atoms with van der Waals surface area (Å²) in [4.78, 5) is 57.2. The normalized spacial score (nSPS) is 27.8. The van der Waals surface area contributed by atoms with Crippen molar-refractivity contribution in [1.82, 2.24) is 0 Å². The number of aliphatic hydroxyl groups excluding tert-OH is 1. The van der Waals surface area contributed by atoms with E-state index in [1.54, 1.807) is 0 Å². The second-order valence-electron chi connectivity index (χ2n) is 5.42. The molecule has 5 atom stereocenters. The fourth-order valence-corrected chi connectivity index (χ4v) is 2.30. The second kappa shape index (κ2) is 9.25. The van der Waals surface area contributed by atoms with Crippen molar-refractivity contribution < 1.29 is 52.8 Å². The number of carbonyl (C=O) groups is 5. The van der Waals surface area contributed by atoms with Crippen LogP contribution in [-0.2, 0) is 47.7 Å². The van der Waals surface area contributed by atoms with Gasteiger partial charge in [-0.2, -0.15) is 0 Å². The minimum atomic E-state index is -1.86. The summed E-state index contributed by atoms with van der Waals surface area (Å²) < 4.78 is 24.5. The van der Waals surface area contributed by atoms with E-state index in [2.05, 4.69) is 4.74 Å². The van der Waals surface area contributed by atoms with Gasteiger partial charge in [-0.25, -0.2) is 0 Å². The molecule has 1 unspecified atom stereocenters. The second-order valence-corrected chi connectivity index (χ2v) is 5.42. The van der Waals surface area contributed by atoms with Crippen LogP contribution in [0.3, 0.4) is 0 Å². The van der Waals surface area contributed by atoms with Crippen molar-refractivity contribution in [2.75, 3.05) is 6.61 Å². The lowest BCUT2D eigenvalue weighted by molar-refractivity contribution is -0.286. The molecular formula is C15H20O11. The standard InChI is InChI=1S/C15H20O11/c1-6(16)22-5-10(20)11-12(23-7(2)17)13(24-8(3)18)14(15(21)26-11)25-9(4)19/h11-15,21H,5H2,1-4H3/t11-,12-,13+,14+,15?/m1/s1. The van der Waals surface area contributed by atoms with Gasteiger partial charge < -0.3 is 28.8 Å². The van der Waals surface area contributed by atoms with Crippen molar-refractivity contribution >= 4 is 29.7 Å². The quantitative estimate of drug-likeness (QED) is 0.432. The van der Waals surface area contributed by atoms with Gasteiger partial charge in [0.2, 0.25) is 5.78 Å². The van der Waals surface area contributed by atoms with Crippen molar-refractivity contribution in [2.45, 2.75) is 58.4 Å². The molecule has 0 saturated carbocycles. The fourth-order valence-electron chi connectivity index (χ4n) is 2.30. The molecule has 0 aliphatic carbocycles. The molecule has 1 N–H and O–H groups in total. The van der Waals surface area contributed by atoms with Gasteiger partial charge in [0.15, 0.2) is 37.3 Å².